The number of halogens is 2. The standard InChI is InChI=1S/C20H23ClFN3O3/c21-15-11-13(7-8-16(15)22)18(26)23-9-4-10-24-17(12-23)19(27)25(20(24)28)14-5-2-1-3-6-14/h7-8,11,14,17H,1-6,9-10,12H2. The van der Waals surface area contributed by atoms with Gasteiger partial charge in [-0.3, -0.25) is 14.5 Å². The van der Waals surface area contributed by atoms with Gasteiger partial charge in [0.05, 0.1) is 11.6 Å². The highest BCUT2D eigenvalue weighted by Gasteiger charge is 2.49. The fourth-order valence-corrected chi connectivity index (χ4v) is 4.67. The van der Waals surface area contributed by atoms with Gasteiger partial charge in [-0.05, 0) is 37.5 Å². The number of fused-ring (bicyclic) bond motifs is 1. The Labute approximate surface area is 168 Å². The topological polar surface area (TPSA) is 60.9 Å². The van der Waals surface area contributed by atoms with Gasteiger partial charge in [0.1, 0.15) is 11.9 Å². The molecule has 0 aromatic heterocycles. The number of carbonyl (C=O) groups excluding carboxylic acids is 3. The van der Waals surface area contributed by atoms with Crippen molar-refractivity contribution in [1.82, 2.24) is 14.7 Å². The molecule has 2 heterocycles. The summed E-state index contributed by atoms with van der Waals surface area (Å²) in [4.78, 5) is 43.5. The number of rotatable bonds is 2. The van der Waals surface area contributed by atoms with Crippen molar-refractivity contribution in [1.29, 1.82) is 0 Å². The average molecular weight is 408 g/mol. The molecule has 0 spiro atoms. The second kappa shape index (κ2) is 7.70. The third kappa shape index (κ3) is 3.36. The lowest BCUT2D eigenvalue weighted by Crippen LogP contribution is -2.45. The number of carbonyl (C=O) groups is 3. The third-order valence-corrected chi connectivity index (χ3v) is 6.25. The quantitative estimate of drug-likeness (QED) is 0.707. The molecule has 4 rings (SSSR count). The summed E-state index contributed by atoms with van der Waals surface area (Å²) in [7, 11) is 0. The molecule has 1 aliphatic carbocycles. The van der Waals surface area contributed by atoms with Crippen LogP contribution in [0.2, 0.25) is 5.02 Å². The van der Waals surface area contributed by atoms with Crippen LogP contribution in [0.1, 0.15) is 48.9 Å². The molecule has 0 N–H and O–H groups in total. The van der Waals surface area contributed by atoms with Gasteiger partial charge in [0, 0.05) is 24.7 Å². The number of imide groups is 1. The van der Waals surface area contributed by atoms with Crippen molar-refractivity contribution >= 4 is 29.4 Å². The maximum absolute atomic E-state index is 13.4. The fourth-order valence-electron chi connectivity index (χ4n) is 4.49. The number of urea groups is 1. The van der Waals surface area contributed by atoms with E-state index in [1.807, 2.05) is 0 Å². The summed E-state index contributed by atoms with van der Waals surface area (Å²) in [5.41, 5.74) is 0.278. The molecular formula is C20H23ClFN3O3. The van der Waals surface area contributed by atoms with Crippen LogP contribution >= 0.6 is 11.6 Å². The van der Waals surface area contributed by atoms with E-state index in [0.29, 0.717) is 19.5 Å². The summed E-state index contributed by atoms with van der Waals surface area (Å²) >= 11 is 5.81. The smallest absolute Gasteiger partial charge is 0.327 e. The summed E-state index contributed by atoms with van der Waals surface area (Å²) in [5.74, 6) is -1.09. The van der Waals surface area contributed by atoms with Crippen molar-refractivity contribution in [2.24, 2.45) is 0 Å². The molecule has 28 heavy (non-hydrogen) atoms. The first-order chi connectivity index (χ1) is 13.5. The largest absolute Gasteiger partial charge is 0.336 e. The van der Waals surface area contributed by atoms with Crippen LogP contribution in [0.15, 0.2) is 18.2 Å². The van der Waals surface area contributed by atoms with Crippen molar-refractivity contribution in [3.8, 4) is 0 Å². The molecule has 1 aromatic carbocycles. The zero-order valence-corrected chi connectivity index (χ0v) is 16.3. The fraction of sp³-hybridized carbons (Fsp3) is 0.550. The van der Waals surface area contributed by atoms with E-state index in [9.17, 15) is 18.8 Å². The van der Waals surface area contributed by atoms with Gasteiger partial charge in [-0.1, -0.05) is 30.9 Å². The molecule has 4 amide bonds. The summed E-state index contributed by atoms with van der Waals surface area (Å²) in [5, 5.41) is -0.113. The normalized spacial score (nSPS) is 23.8. The molecule has 1 unspecified atom stereocenters. The van der Waals surface area contributed by atoms with E-state index < -0.39 is 11.9 Å². The van der Waals surface area contributed by atoms with Gasteiger partial charge < -0.3 is 9.80 Å². The number of amides is 4. The highest BCUT2D eigenvalue weighted by Crippen LogP contribution is 2.30. The Bertz CT molecular complexity index is 812. The average Bonchev–Trinajstić information content (AvgIpc) is 2.85. The van der Waals surface area contributed by atoms with Crippen LogP contribution in [0.4, 0.5) is 9.18 Å². The molecule has 2 saturated heterocycles. The van der Waals surface area contributed by atoms with Gasteiger partial charge in [-0.2, -0.15) is 0 Å². The minimum absolute atomic E-state index is 0.0271. The van der Waals surface area contributed by atoms with E-state index in [2.05, 4.69) is 0 Å². The van der Waals surface area contributed by atoms with Crippen molar-refractivity contribution < 1.29 is 18.8 Å². The van der Waals surface area contributed by atoms with Crippen LogP contribution in [-0.2, 0) is 4.79 Å². The second-order valence-electron chi connectivity index (χ2n) is 7.73. The molecule has 1 saturated carbocycles. The maximum atomic E-state index is 13.4. The van der Waals surface area contributed by atoms with Crippen molar-refractivity contribution in [2.45, 2.75) is 50.6 Å². The lowest BCUT2D eigenvalue weighted by molar-refractivity contribution is -0.130. The van der Waals surface area contributed by atoms with E-state index in [-0.39, 0.29) is 41.0 Å². The van der Waals surface area contributed by atoms with E-state index in [4.69, 9.17) is 11.6 Å². The van der Waals surface area contributed by atoms with Gasteiger partial charge in [0.25, 0.3) is 11.8 Å². The molecule has 3 aliphatic rings. The molecule has 0 bridgehead atoms. The van der Waals surface area contributed by atoms with Gasteiger partial charge in [-0.25, -0.2) is 9.18 Å². The SMILES string of the molecule is O=C(c1ccc(F)c(Cl)c1)N1CCCN2C(=O)N(C3CCCCC3)C(=O)C2C1. The van der Waals surface area contributed by atoms with E-state index in [1.165, 1.54) is 17.0 Å². The molecule has 0 radical (unpaired) electrons. The number of nitrogens with zero attached hydrogens (tertiary/aromatic N) is 3. The van der Waals surface area contributed by atoms with Gasteiger partial charge >= 0.3 is 6.03 Å². The Morgan fingerprint density at radius 2 is 1.82 bits per heavy atom. The monoisotopic (exact) mass is 407 g/mol. The van der Waals surface area contributed by atoms with Gasteiger partial charge in [0.2, 0.25) is 0 Å². The van der Waals surface area contributed by atoms with Crippen LogP contribution < -0.4 is 0 Å². The molecule has 3 fully saturated rings. The second-order valence-corrected chi connectivity index (χ2v) is 8.13. The minimum atomic E-state index is -0.642. The first-order valence-electron chi connectivity index (χ1n) is 9.85. The van der Waals surface area contributed by atoms with Crippen LogP contribution in [0.3, 0.4) is 0 Å². The van der Waals surface area contributed by atoms with Crippen LogP contribution in [0.25, 0.3) is 0 Å². The number of hydrogen-bond donors (Lipinski definition) is 0. The highest BCUT2D eigenvalue weighted by molar-refractivity contribution is 6.31. The Morgan fingerprint density at radius 1 is 1.07 bits per heavy atom. The van der Waals surface area contributed by atoms with Crippen LogP contribution in [0.5, 0.6) is 0 Å². The Kier molecular flexibility index (Phi) is 5.27. The van der Waals surface area contributed by atoms with Crippen LogP contribution in [-0.4, -0.2) is 64.3 Å². The first kappa shape index (κ1) is 19.2. The minimum Gasteiger partial charge on any atom is -0.336 e. The lowest BCUT2D eigenvalue weighted by atomic mass is 9.94. The van der Waals surface area contributed by atoms with Gasteiger partial charge in [0.15, 0.2) is 0 Å². The number of hydrogen-bond acceptors (Lipinski definition) is 3. The molecule has 150 valence electrons. The molecule has 6 nitrogen and oxygen atoms in total. The lowest BCUT2D eigenvalue weighted by Gasteiger charge is -2.29. The zero-order chi connectivity index (χ0) is 19.8. The van der Waals surface area contributed by atoms with Gasteiger partial charge in [-0.15, -0.1) is 0 Å². The van der Waals surface area contributed by atoms with E-state index >= 15 is 0 Å². The Balaban J connectivity index is 1.53. The highest BCUT2D eigenvalue weighted by atomic mass is 35.5. The summed E-state index contributed by atoms with van der Waals surface area (Å²) < 4.78 is 13.4. The van der Waals surface area contributed by atoms with E-state index in [1.54, 1.807) is 9.80 Å². The molecule has 1 atom stereocenters. The molecular weight excluding hydrogens is 385 g/mol. The molecule has 8 heteroatoms. The predicted octanol–water partition coefficient (Wildman–Crippen LogP) is 3.29. The van der Waals surface area contributed by atoms with Crippen molar-refractivity contribution in [3.63, 3.8) is 0 Å². The summed E-state index contributed by atoms with van der Waals surface area (Å²) in [6, 6.07) is 2.97. The summed E-state index contributed by atoms with van der Waals surface area (Å²) in [6.45, 7) is 1.04. The van der Waals surface area contributed by atoms with Crippen LogP contribution in [0, 0.1) is 5.82 Å². The summed E-state index contributed by atoms with van der Waals surface area (Å²) in [6.07, 6.45) is 5.51. The Hall–Kier alpha value is -2.15. The van der Waals surface area contributed by atoms with Crippen molar-refractivity contribution in [3.05, 3.63) is 34.6 Å². The zero-order valence-electron chi connectivity index (χ0n) is 15.6. The number of benzene rings is 1. The van der Waals surface area contributed by atoms with E-state index in [0.717, 1.165) is 38.2 Å². The maximum Gasteiger partial charge on any atom is 0.327 e. The van der Waals surface area contributed by atoms with Crippen molar-refractivity contribution in [2.75, 3.05) is 19.6 Å². The predicted molar refractivity (Wildman–Crippen MR) is 102 cm³/mol. The molecule has 1 aromatic rings. The third-order valence-electron chi connectivity index (χ3n) is 5.96. The first-order valence-corrected chi connectivity index (χ1v) is 10.2. The molecule has 2 aliphatic heterocycles. The Morgan fingerprint density at radius 3 is 2.54 bits per heavy atom.